The largest absolute Gasteiger partial charge is 0.388 e. The number of rotatable bonds is 6. The first-order valence-corrected chi connectivity index (χ1v) is 9.77. The summed E-state index contributed by atoms with van der Waals surface area (Å²) in [6.45, 7) is -0.300. The molecule has 4 heterocycles. The topological polar surface area (TPSA) is 220 Å². The zero-order valence-corrected chi connectivity index (χ0v) is 16.7. The van der Waals surface area contributed by atoms with Crippen LogP contribution in [0.25, 0.3) is 0 Å². The first kappa shape index (κ1) is 22.7. The summed E-state index contributed by atoms with van der Waals surface area (Å²) in [5.41, 5.74) is 5.08. The molecular formula is C17H24N6O9. The molecule has 8 atom stereocenters. The zero-order valence-electron chi connectivity index (χ0n) is 16.7. The van der Waals surface area contributed by atoms with E-state index in [1.807, 2.05) is 0 Å². The Labute approximate surface area is 180 Å². The predicted octanol–water partition coefficient (Wildman–Crippen LogP) is -4.31. The van der Waals surface area contributed by atoms with Gasteiger partial charge in [-0.3, -0.25) is 4.57 Å². The second kappa shape index (κ2) is 9.16. The molecule has 2 saturated heterocycles. The number of nitrogens with zero attached hydrogens (tertiary/aromatic N) is 5. The van der Waals surface area contributed by atoms with Crippen LogP contribution in [0, 0.1) is 0 Å². The number of hydrogen-bond donors (Lipinski definition) is 6. The Morgan fingerprint density at radius 1 is 1.16 bits per heavy atom. The highest BCUT2D eigenvalue weighted by atomic mass is 16.7. The standard InChI is InChI=1S/C17H24N6O9/c18-10-1-2-23(17(29)19-10)15-13(27)12(26)9(32-15)4-22-3-7(20-21-22)5-30-16-14(28)11(25)8(24)6-31-16/h1-3,8-9,11-16,24-28H,4-6H2,(H2,18,19,29)/t8-,9-,11+,12-,13-,14-,15-,16+/m1/s1. The zero-order chi connectivity index (χ0) is 23.0. The van der Waals surface area contributed by atoms with Crippen molar-refractivity contribution < 1.29 is 39.7 Å². The van der Waals surface area contributed by atoms with Gasteiger partial charge < -0.3 is 45.5 Å². The van der Waals surface area contributed by atoms with Crippen molar-refractivity contribution in [1.82, 2.24) is 24.5 Å². The van der Waals surface area contributed by atoms with Crippen LogP contribution in [0.1, 0.15) is 11.9 Å². The van der Waals surface area contributed by atoms with E-state index in [2.05, 4.69) is 15.3 Å². The Morgan fingerprint density at radius 2 is 1.94 bits per heavy atom. The quantitative estimate of drug-likeness (QED) is 0.242. The number of hydrogen-bond acceptors (Lipinski definition) is 13. The highest BCUT2D eigenvalue weighted by Crippen LogP contribution is 2.29. The van der Waals surface area contributed by atoms with Crippen molar-refractivity contribution in [2.75, 3.05) is 12.3 Å². The van der Waals surface area contributed by atoms with Gasteiger partial charge in [0.1, 0.15) is 48.1 Å². The van der Waals surface area contributed by atoms with Crippen molar-refractivity contribution in [3.05, 3.63) is 34.6 Å². The SMILES string of the molecule is Nc1ccn([C@@H]2O[C@H](Cn3cc(CO[C@H]4OC[C@@H](O)[C@H](O)[C@H]4O)nn3)[C@@H](O)[C@H]2O)c(=O)n1. The number of nitrogens with two attached hydrogens (primary N) is 1. The minimum atomic E-state index is -1.43. The Kier molecular flexibility index (Phi) is 6.50. The van der Waals surface area contributed by atoms with Gasteiger partial charge in [0.05, 0.1) is 26.0 Å². The first-order valence-electron chi connectivity index (χ1n) is 9.77. The summed E-state index contributed by atoms with van der Waals surface area (Å²) in [5.74, 6) is 0.0185. The third kappa shape index (κ3) is 4.50. The molecule has 15 heteroatoms. The van der Waals surface area contributed by atoms with Gasteiger partial charge >= 0.3 is 5.69 Å². The fraction of sp³-hybridized carbons (Fsp3) is 0.647. The Morgan fingerprint density at radius 3 is 2.69 bits per heavy atom. The molecule has 2 aromatic heterocycles. The molecule has 0 radical (unpaired) electrons. The van der Waals surface area contributed by atoms with E-state index in [4.69, 9.17) is 19.9 Å². The molecule has 0 saturated carbocycles. The molecule has 7 N–H and O–H groups in total. The summed E-state index contributed by atoms with van der Waals surface area (Å²) in [7, 11) is 0. The van der Waals surface area contributed by atoms with Crippen LogP contribution in [0.4, 0.5) is 5.82 Å². The summed E-state index contributed by atoms with van der Waals surface area (Å²) in [6, 6.07) is 1.37. The number of anilines is 1. The van der Waals surface area contributed by atoms with Gasteiger partial charge in [0.25, 0.3) is 0 Å². The lowest BCUT2D eigenvalue weighted by atomic mass is 10.1. The summed E-state index contributed by atoms with van der Waals surface area (Å²) >= 11 is 0. The normalized spacial score (nSPS) is 35.3. The van der Waals surface area contributed by atoms with Gasteiger partial charge in [-0.2, -0.15) is 4.98 Å². The van der Waals surface area contributed by atoms with Crippen molar-refractivity contribution in [3.8, 4) is 0 Å². The van der Waals surface area contributed by atoms with Crippen LogP contribution in [-0.2, 0) is 27.4 Å². The molecule has 0 aliphatic carbocycles. The molecule has 0 bridgehead atoms. The minimum absolute atomic E-state index is 0.00629. The Balaban J connectivity index is 1.35. The van der Waals surface area contributed by atoms with E-state index in [-0.39, 0.29) is 25.6 Å². The van der Waals surface area contributed by atoms with E-state index in [0.717, 1.165) is 4.57 Å². The maximum atomic E-state index is 12.0. The van der Waals surface area contributed by atoms with Gasteiger partial charge in [0.2, 0.25) is 0 Å². The van der Waals surface area contributed by atoms with Crippen LogP contribution in [-0.4, -0.2) is 99.6 Å². The van der Waals surface area contributed by atoms with Crippen molar-refractivity contribution in [3.63, 3.8) is 0 Å². The van der Waals surface area contributed by atoms with E-state index in [0.29, 0.717) is 5.69 Å². The van der Waals surface area contributed by atoms with Gasteiger partial charge in [-0.25, -0.2) is 9.48 Å². The molecule has 2 aromatic rings. The average Bonchev–Trinajstić information content (AvgIpc) is 3.31. The molecule has 15 nitrogen and oxygen atoms in total. The number of aliphatic hydroxyl groups excluding tert-OH is 5. The number of aromatic nitrogens is 5. The van der Waals surface area contributed by atoms with Crippen LogP contribution in [0.2, 0.25) is 0 Å². The van der Waals surface area contributed by atoms with E-state index in [1.165, 1.54) is 23.1 Å². The third-order valence-corrected chi connectivity index (χ3v) is 5.27. The smallest absolute Gasteiger partial charge is 0.351 e. The van der Waals surface area contributed by atoms with Gasteiger partial charge in [-0.1, -0.05) is 5.21 Å². The summed E-state index contributed by atoms with van der Waals surface area (Å²) in [4.78, 5) is 15.6. The number of nitrogen functional groups attached to an aromatic ring is 1. The maximum Gasteiger partial charge on any atom is 0.351 e. The second-order valence-corrected chi connectivity index (χ2v) is 7.58. The molecule has 0 unspecified atom stereocenters. The molecule has 2 fully saturated rings. The highest BCUT2D eigenvalue weighted by molar-refractivity contribution is 5.23. The highest BCUT2D eigenvalue weighted by Gasteiger charge is 2.44. The van der Waals surface area contributed by atoms with Gasteiger partial charge in [-0.05, 0) is 6.07 Å². The fourth-order valence-electron chi connectivity index (χ4n) is 3.50. The van der Waals surface area contributed by atoms with Crippen LogP contribution >= 0.6 is 0 Å². The molecule has 0 spiro atoms. The lowest BCUT2D eigenvalue weighted by Crippen LogP contribution is -2.53. The van der Waals surface area contributed by atoms with E-state index >= 15 is 0 Å². The van der Waals surface area contributed by atoms with Crippen LogP contribution in [0.3, 0.4) is 0 Å². The molecule has 4 rings (SSSR count). The Bertz CT molecular complexity index is 985. The van der Waals surface area contributed by atoms with Gasteiger partial charge in [-0.15, -0.1) is 5.10 Å². The summed E-state index contributed by atoms with van der Waals surface area (Å²) in [6.07, 6.45) is -7.14. The lowest BCUT2D eigenvalue weighted by Gasteiger charge is -2.34. The molecule has 32 heavy (non-hydrogen) atoms. The first-order chi connectivity index (χ1) is 15.2. The summed E-state index contributed by atoms with van der Waals surface area (Å²) < 4.78 is 18.6. The Hall–Kier alpha value is -2.50. The number of aliphatic hydroxyl groups is 5. The van der Waals surface area contributed by atoms with E-state index in [1.54, 1.807) is 0 Å². The van der Waals surface area contributed by atoms with Crippen molar-refractivity contribution >= 4 is 5.82 Å². The third-order valence-electron chi connectivity index (χ3n) is 5.27. The molecule has 0 amide bonds. The average molecular weight is 456 g/mol. The predicted molar refractivity (Wildman–Crippen MR) is 101 cm³/mol. The van der Waals surface area contributed by atoms with Crippen LogP contribution in [0.5, 0.6) is 0 Å². The molecule has 2 aliphatic heterocycles. The monoisotopic (exact) mass is 456 g/mol. The molecular weight excluding hydrogens is 432 g/mol. The van der Waals surface area contributed by atoms with E-state index in [9.17, 15) is 30.3 Å². The van der Waals surface area contributed by atoms with Crippen molar-refractivity contribution in [1.29, 1.82) is 0 Å². The minimum Gasteiger partial charge on any atom is -0.388 e. The van der Waals surface area contributed by atoms with Gasteiger partial charge in [0.15, 0.2) is 12.5 Å². The van der Waals surface area contributed by atoms with E-state index < -0.39 is 54.8 Å². The lowest BCUT2D eigenvalue weighted by molar-refractivity contribution is -0.273. The fourth-order valence-corrected chi connectivity index (χ4v) is 3.50. The molecule has 2 aliphatic rings. The number of ether oxygens (including phenoxy) is 3. The van der Waals surface area contributed by atoms with Crippen molar-refractivity contribution in [2.45, 2.75) is 62.3 Å². The maximum absolute atomic E-state index is 12.0. The van der Waals surface area contributed by atoms with Crippen LogP contribution < -0.4 is 11.4 Å². The summed E-state index contributed by atoms with van der Waals surface area (Å²) in [5, 5.41) is 57.5. The van der Waals surface area contributed by atoms with Crippen molar-refractivity contribution in [2.24, 2.45) is 0 Å². The molecule has 176 valence electrons. The molecule has 0 aromatic carbocycles. The van der Waals surface area contributed by atoms with Crippen LogP contribution in [0.15, 0.2) is 23.3 Å². The second-order valence-electron chi connectivity index (χ2n) is 7.58. The van der Waals surface area contributed by atoms with Gasteiger partial charge in [0, 0.05) is 6.20 Å².